The number of nitrogens with zero attached hydrogens (tertiary/aromatic N) is 2. The van der Waals surface area contributed by atoms with Gasteiger partial charge >= 0.3 is 6.18 Å². The summed E-state index contributed by atoms with van der Waals surface area (Å²) in [6, 6.07) is 18.2. The van der Waals surface area contributed by atoms with Gasteiger partial charge in [0.2, 0.25) is 0 Å². The van der Waals surface area contributed by atoms with Crippen molar-refractivity contribution in [3.8, 4) is 22.7 Å². The molecule has 2 aromatic carbocycles. The van der Waals surface area contributed by atoms with Crippen LogP contribution in [0.3, 0.4) is 0 Å². The van der Waals surface area contributed by atoms with Crippen LogP contribution in [0.1, 0.15) is 10.5 Å². The molecule has 0 spiro atoms. The lowest BCUT2D eigenvalue weighted by Crippen LogP contribution is -2.29. The summed E-state index contributed by atoms with van der Waals surface area (Å²) < 4.78 is 47.6. The van der Waals surface area contributed by atoms with E-state index in [1.165, 1.54) is 0 Å². The molecule has 6 nitrogen and oxygen atoms in total. The summed E-state index contributed by atoms with van der Waals surface area (Å²) in [7, 11) is 1.57. The van der Waals surface area contributed by atoms with Gasteiger partial charge in [0.15, 0.2) is 5.69 Å². The molecule has 3 rings (SSSR count). The Morgan fingerprint density at radius 3 is 2.43 bits per heavy atom. The third-order valence-electron chi connectivity index (χ3n) is 4.13. The second-order valence-electron chi connectivity index (χ2n) is 6.31. The smallest absolute Gasteiger partial charge is 0.411 e. The van der Waals surface area contributed by atoms with Crippen molar-refractivity contribution >= 4 is 5.91 Å². The van der Waals surface area contributed by atoms with E-state index >= 15 is 0 Å². The third-order valence-corrected chi connectivity index (χ3v) is 4.13. The number of amides is 1. The van der Waals surface area contributed by atoms with Crippen molar-refractivity contribution in [2.75, 3.05) is 26.9 Å². The van der Waals surface area contributed by atoms with Crippen LogP contribution in [0.25, 0.3) is 16.9 Å². The van der Waals surface area contributed by atoms with Gasteiger partial charge in [-0.05, 0) is 42.5 Å². The van der Waals surface area contributed by atoms with Crippen LogP contribution in [-0.4, -0.2) is 48.7 Å². The van der Waals surface area contributed by atoms with E-state index in [4.69, 9.17) is 4.74 Å². The van der Waals surface area contributed by atoms with Gasteiger partial charge < -0.3 is 14.8 Å². The van der Waals surface area contributed by atoms with Crippen molar-refractivity contribution in [2.45, 2.75) is 6.18 Å². The molecule has 0 fully saturated rings. The maximum absolute atomic E-state index is 12.4. The van der Waals surface area contributed by atoms with E-state index < -0.39 is 18.7 Å². The quantitative estimate of drug-likeness (QED) is 0.564. The molecule has 1 heterocycles. The van der Waals surface area contributed by atoms with E-state index in [9.17, 15) is 18.0 Å². The van der Waals surface area contributed by atoms with E-state index in [0.29, 0.717) is 11.4 Å². The maximum Gasteiger partial charge on any atom is 0.411 e. The maximum atomic E-state index is 12.4. The number of ether oxygens (including phenoxy) is 2. The minimum Gasteiger partial charge on any atom is -0.497 e. The Labute approximate surface area is 171 Å². The number of para-hydroxylation sites is 1. The third kappa shape index (κ3) is 5.60. The molecule has 0 unspecified atom stereocenters. The summed E-state index contributed by atoms with van der Waals surface area (Å²) in [6.07, 6.45) is -4.40. The molecule has 158 valence electrons. The van der Waals surface area contributed by atoms with Gasteiger partial charge in [-0.15, -0.1) is 0 Å². The summed E-state index contributed by atoms with van der Waals surface area (Å²) in [5.74, 6) is 0.191. The normalized spacial score (nSPS) is 11.3. The number of rotatable bonds is 8. The summed E-state index contributed by atoms with van der Waals surface area (Å²) in [5.41, 5.74) is 2.40. The molecule has 30 heavy (non-hydrogen) atoms. The van der Waals surface area contributed by atoms with Gasteiger partial charge in [0.1, 0.15) is 12.4 Å². The van der Waals surface area contributed by atoms with Gasteiger partial charge in [-0.2, -0.15) is 18.3 Å². The monoisotopic (exact) mass is 419 g/mol. The zero-order chi connectivity index (χ0) is 21.6. The van der Waals surface area contributed by atoms with Crippen LogP contribution < -0.4 is 10.1 Å². The lowest BCUT2D eigenvalue weighted by molar-refractivity contribution is -0.173. The van der Waals surface area contributed by atoms with Gasteiger partial charge in [-0.3, -0.25) is 4.79 Å². The lowest BCUT2D eigenvalue weighted by atomic mass is 10.1. The second kappa shape index (κ2) is 9.45. The second-order valence-corrected chi connectivity index (χ2v) is 6.31. The van der Waals surface area contributed by atoms with Crippen molar-refractivity contribution in [2.24, 2.45) is 0 Å². The minimum atomic E-state index is -4.40. The highest BCUT2D eigenvalue weighted by Crippen LogP contribution is 2.26. The van der Waals surface area contributed by atoms with Crippen molar-refractivity contribution in [3.05, 3.63) is 66.4 Å². The van der Waals surface area contributed by atoms with Gasteiger partial charge in [0, 0.05) is 12.1 Å². The fraction of sp³-hybridized carbons (Fsp3) is 0.238. The van der Waals surface area contributed by atoms with Crippen molar-refractivity contribution in [1.82, 2.24) is 15.1 Å². The highest BCUT2D eigenvalue weighted by Gasteiger charge is 2.27. The molecular formula is C21H20F3N3O3. The highest BCUT2D eigenvalue weighted by atomic mass is 19.4. The van der Waals surface area contributed by atoms with E-state index in [1.807, 2.05) is 42.5 Å². The van der Waals surface area contributed by atoms with E-state index in [2.05, 4.69) is 15.2 Å². The SMILES string of the molecule is COc1ccc(-c2cc(C(=O)NCCOCC(F)(F)F)nn2-c2ccccc2)cc1. The number of benzene rings is 2. The zero-order valence-electron chi connectivity index (χ0n) is 16.1. The number of halogens is 3. The van der Waals surface area contributed by atoms with E-state index in [-0.39, 0.29) is 18.8 Å². The first-order chi connectivity index (χ1) is 14.4. The fourth-order valence-electron chi connectivity index (χ4n) is 2.74. The topological polar surface area (TPSA) is 65.4 Å². The number of nitrogens with one attached hydrogen (secondary N) is 1. The molecular weight excluding hydrogens is 399 g/mol. The van der Waals surface area contributed by atoms with Crippen molar-refractivity contribution in [3.63, 3.8) is 0 Å². The highest BCUT2D eigenvalue weighted by molar-refractivity contribution is 5.93. The molecule has 0 saturated heterocycles. The number of methoxy groups -OCH3 is 1. The van der Waals surface area contributed by atoms with Crippen LogP contribution in [0, 0.1) is 0 Å². The average molecular weight is 419 g/mol. The van der Waals surface area contributed by atoms with Crippen LogP contribution in [0.2, 0.25) is 0 Å². The van der Waals surface area contributed by atoms with Crippen LogP contribution in [0.15, 0.2) is 60.7 Å². The first-order valence-electron chi connectivity index (χ1n) is 9.10. The summed E-state index contributed by atoms with van der Waals surface area (Å²) >= 11 is 0. The van der Waals surface area contributed by atoms with Crippen LogP contribution in [0.5, 0.6) is 5.75 Å². The first kappa shape index (κ1) is 21.4. The van der Waals surface area contributed by atoms with E-state index in [0.717, 1.165) is 11.3 Å². The number of hydrogen-bond acceptors (Lipinski definition) is 4. The number of hydrogen-bond donors (Lipinski definition) is 1. The molecule has 0 aliphatic rings. The average Bonchev–Trinajstić information content (AvgIpc) is 3.19. The number of carbonyl (C=O) groups is 1. The Morgan fingerprint density at radius 2 is 1.80 bits per heavy atom. The molecule has 0 radical (unpaired) electrons. The molecule has 0 bridgehead atoms. The van der Waals surface area contributed by atoms with Crippen LogP contribution >= 0.6 is 0 Å². The Kier molecular flexibility index (Phi) is 6.73. The molecule has 3 aromatic rings. The number of aromatic nitrogens is 2. The largest absolute Gasteiger partial charge is 0.497 e. The van der Waals surface area contributed by atoms with Crippen molar-refractivity contribution in [1.29, 1.82) is 0 Å². The summed E-state index contributed by atoms with van der Waals surface area (Å²) in [4.78, 5) is 12.4. The predicted molar refractivity (Wildman–Crippen MR) is 105 cm³/mol. The standard InChI is InChI=1S/C21H20F3N3O3/c1-29-17-9-7-15(8-10-17)19-13-18(26-27(19)16-5-3-2-4-6-16)20(28)25-11-12-30-14-21(22,23)24/h2-10,13H,11-12,14H2,1H3,(H,25,28). The molecule has 1 aromatic heterocycles. The van der Waals surface area contributed by atoms with Gasteiger partial charge in [0.25, 0.3) is 5.91 Å². The molecule has 0 aliphatic heterocycles. The Balaban J connectivity index is 1.78. The van der Waals surface area contributed by atoms with Gasteiger partial charge in [-0.1, -0.05) is 18.2 Å². The summed E-state index contributed by atoms with van der Waals surface area (Å²) in [5, 5.41) is 6.91. The van der Waals surface area contributed by atoms with Gasteiger partial charge in [0.05, 0.1) is 25.1 Å². The Bertz CT molecular complexity index is 971. The predicted octanol–water partition coefficient (Wildman–Crippen LogP) is 3.86. The minimum absolute atomic E-state index is 0.0645. The van der Waals surface area contributed by atoms with Crippen LogP contribution in [-0.2, 0) is 4.74 Å². The molecule has 0 saturated carbocycles. The van der Waals surface area contributed by atoms with Crippen molar-refractivity contribution < 1.29 is 27.4 Å². The number of carbonyl (C=O) groups excluding carboxylic acids is 1. The first-order valence-corrected chi connectivity index (χ1v) is 9.10. The lowest BCUT2D eigenvalue weighted by Gasteiger charge is -2.08. The zero-order valence-corrected chi connectivity index (χ0v) is 16.1. The summed E-state index contributed by atoms with van der Waals surface area (Å²) in [6.45, 7) is -1.67. The molecule has 1 N–H and O–H groups in total. The number of alkyl halides is 3. The molecule has 9 heteroatoms. The van der Waals surface area contributed by atoms with Gasteiger partial charge in [-0.25, -0.2) is 4.68 Å². The Morgan fingerprint density at radius 1 is 1.10 bits per heavy atom. The Hall–Kier alpha value is -3.33. The molecule has 1 amide bonds. The molecule has 0 aliphatic carbocycles. The molecule has 0 atom stereocenters. The van der Waals surface area contributed by atoms with E-state index in [1.54, 1.807) is 30.0 Å². The fourth-order valence-corrected chi connectivity index (χ4v) is 2.74. The van der Waals surface area contributed by atoms with Crippen LogP contribution in [0.4, 0.5) is 13.2 Å².